The highest BCUT2D eigenvalue weighted by atomic mass is 35.5. The van der Waals surface area contributed by atoms with Gasteiger partial charge in [-0.1, -0.05) is 24.3 Å². The molecule has 0 bridgehead atoms. The van der Waals surface area contributed by atoms with E-state index in [4.69, 9.17) is 0 Å². The second-order valence-electron chi connectivity index (χ2n) is 4.92. The van der Waals surface area contributed by atoms with Gasteiger partial charge in [0.15, 0.2) is 0 Å². The maximum absolute atomic E-state index is 12.2. The van der Waals surface area contributed by atoms with E-state index in [1.807, 2.05) is 11.9 Å². The smallest absolute Gasteiger partial charge is 0.223 e. The topological polar surface area (TPSA) is 32.3 Å². The molecule has 3 nitrogen and oxygen atoms in total. The molecule has 0 saturated carbocycles. The van der Waals surface area contributed by atoms with Crippen molar-refractivity contribution in [1.29, 1.82) is 0 Å². The molecule has 1 N–H and O–H groups in total. The molecule has 0 aliphatic carbocycles. The highest BCUT2D eigenvalue weighted by Crippen LogP contribution is 2.29. The highest BCUT2D eigenvalue weighted by Gasteiger charge is 2.26. The Kier molecular flexibility index (Phi) is 6.32. The van der Waals surface area contributed by atoms with Crippen LogP contribution in [0.3, 0.4) is 0 Å². The lowest BCUT2D eigenvalue weighted by molar-refractivity contribution is -0.133. The first-order valence-corrected chi connectivity index (χ1v) is 6.76. The van der Waals surface area contributed by atoms with Crippen LogP contribution in [0, 0.1) is 0 Å². The van der Waals surface area contributed by atoms with Crippen molar-refractivity contribution in [2.75, 3.05) is 20.1 Å². The molecule has 4 heteroatoms. The number of hydrogen-bond donors (Lipinski definition) is 1. The van der Waals surface area contributed by atoms with Gasteiger partial charge in [-0.3, -0.25) is 4.79 Å². The van der Waals surface area contributed by atoms with Gasteiger partial charge in [-0.2, -0.15) is 0 Å². The van der Waals surface area contributed by atoms with E-state index in [1.54, 1.807) is 0 Å². The van der Waals surface area contributed by atoms with Gasteiger partial charge in [-0.25, -0.2) is 0 Å². The summed E-state index contributed by atoms with van der Waals surface area (Å²) in [4.78, 5) is 14.2. The van der Waals surface area contributed by atoms with Crippen LogP contribution in [0.25, 0.3) is 0 Å². The van der Waals surface area contributed by atoms with E-state index in [1.165, 1.54) is 11.1 Å². The number of nitrogens with zero attached hydrogens (tertiary/aromatic N) is 1. The van der Waals surface area contributed by atoms with Crippen LogP contribution in [-0.2, 0) is 11.2 Å². The van der Waals surface area contributed by atoms with Gasteiger partial charge in [0.05, 0.1) is 6.04 Å². The standard InChI is InChI=1S/C15H22N2O.ClH/c1-12-14-7-4-3-6-13(14)9-11-17(12)15(18)8-5-10-16-2;/h3-4,6-7,12,16H,5,8-11H2,1-2H3;1H. The number of nitrogens with one attached hydrogen (secondary N) is 1. The van der Waals surface area contributed by atoms with Crippen molar-refractivity contribution in [3.8, 4) is 0 Å². The Hall–Kier alpha value is -1.06. The second kappa shape index (κ2) is 7.51. The Labute approximate surface area is 121 Å². The first kappa shape index (κ1) is 16.0. The number of amides is 1. The van der Waals surface area contributed by atoms with Crippen LogP contribution in [0.4, 0.5) is 0 Å². The van der Waals surface area contributed by atoms with E-state index in [-0.39, 0.29) is 24.4 Å². The highest BCUT2D eigenvalue weighted by molar-refractivity contribution is 5.85. The number of halogens is 1. The van der Waals surface area contributed by atoms with Gasteiger partial charge in [0.1, 0.15) is 0 Å². The third kappa shape index (κ3) is 3.71. The number of hydrogen-bond acceptors (Lipinski definition) is 2. The Morgan fingerprint density at radius 2 is 2.16 bits per heavy atom. The zero-order chi connectivity index (χ0) is 13.0. The third-order valence-electron chi connectivity index (χ3n) is 3.73. The number of rotatable bonds is 4. The maximum Gasteiger partial charge on any atom is 0.223 e. The normalized spacial score (nSPS) is 17.6. The molecule has 1 aromatic rings. The molecule has 0 radical (unpaired) electrons. The first-order valence-electron chi connectivity index (χ1n) is 6.76. The number of carbonyl (C=O) groups is 1. The zero-order valence-corrected chi connectivity index (χ0v) is 12.5. The van der Waals surface area contributed by atoms with Crippen LogP contribution < -0.4 is 5.32 Å². The van der Waals surface area contributed by atoms with E-state index >= 15 is 0 Å². The molecule has 0 fully saturated rings. The molecule has 1 aliphatic heterocycles. The quantitative estimate of drug-likeness (QED) is 0.861. The molecule has 1 aromatic carbocycles. The zero-order valence-electron chi connectivity index (χ0n) is 11.7. The average molecular weight is 283 g/mol. The van der Waals surface area contributed by atoms with E-state index in [0.717, 1.165) is 25.9 Å². The minimum Gasteiger partial charge on any atom is -0.336 e. The molecule has 106 valence electrons. The van der Waals surface area contributed by atoms with Crippen molar-refractivity contribution < 1.29 is 4.79 Å². The van der Waals surface area contributed by atoms with Crippen molar-refractivity contribution in [2.24, 2.45) is 0 Å². The van der Waals surface area contributed by atoms with Crippen LogP contribution in [0.15, 0.2) is 24.3 Å². The average Bonchev–Trinajstić information content (AvgIpc) is 2.39. The van der Waals surface area contributed by atoms with Gasteiger partial charge < -0.3 is 10.2 Å². The van der Waals surface area contributed by atoms with E-state index in [0.29, 0.717) is 6.42 Å². The van der Waals surface area contributed by atoms with Crippen LogP contribution >= 0.6 is 12.4 Å². The fourth-order valence-electron chi connectivity index (χ4n) is 2.67. The molecule has 0 aromatic heterocycles. The van der Waals surface area contributed by atoms with Crippen molar-refractivity contribution in [3.63, 3.8) is 0 Å². The number of benzene rings is 1. The molecule has 1 aliphatic rings. The molecule has 1 amide bonds. The molecule has 0 saturated heterocycles. The monoisotopic (exact) mass is 282 g/mol. The van der Waals surface area contributed by atoms with Gasteiger partial charge in [0, 0.05) is 13.0 Å². The molecular weight excluding hydrogens is 260 g/mol. The predicted octanol–water partition coefficient (Wildman–Crippen LogP) is 2.55. The summed E-state index contributed by atoms with van der Waals surface area (Å²) in [6.07, 6.45) is 2.55. The summed E-state index contributed by atoms with van der Waals surface area (Å²) in [5.41, 5.74) is 2.70. The number of carbonyl (C=O) groups excluding carboxylic acids is 1. The summed E-state index contributed by atoms with van der Waals surface area (Å²) in [5, 5.41) is 3.08. The summed E-state index contributed by atoms with van der Waals surface area (Å²) in [5.74, 6) is 0.284. The van der Waals surface area contributed by atoms with Gasteiger partial charge >= 0.3 is 0 Å². The van der Waals surface area contributed by atoms with Crippen LogP contribution in [0.1, 0.15) is 36.9 Å². The van der Waals surface area contributed by atoms with Gasteiger partial charge in [-0.05, 0) is 44.5 Å². The molecule has 2 rings (SSSR count). The van der Waals surface area contributed by atoms with Crippen molar-refractivity contribution >= 4 is 18.3 Å². The van der Waals surface area contributed by atoms with Crippen LogP contribution in [-0.4, -0.2) is 30.9 Å². The van der Waals surface area contributed by atoms with E-state index in [9.17, 15) is 4.79 Å². The minimum absolute atomic E-state index is 0. The lowest BCUT2D eigenvalue weighted by Gasteiger charge is -2.35. The van der Waals surface area contributed by atoms with Gasteiger partial charge in [-0.15, -0.1) is 12.4 Å². The summed E-state index contributed by atoms with van der Waals surface area (Å²) in [6.45, 7) is 3.90. The summed E-state index contributed by atoms with van der Waals surface area (Å²) in [6, 6.07) is 8.68. The molecular formula is C15H23ClN2O. The SMILES string of the molecule is CNCCCC(=O)N1CCc2ccccc2C1C.Cl. The Bertz CT molecular complexity index is 422. The Morgan fingerprint density at radius 3 is 2.89 bits per heavy atom. The molecule has 1 unspecified atom stereocenters. The van der Waals surface area contributed by atoms with Crippen LogP contribution in [0.2, 0.25) is 0 Å². The molecule has 1 heterocycles. The first-order chi connectivity index (χ1) is 8.74. The van der Waals surface area contributed by atoms with Crippen LogP contribution in [0.5, 0.6) is 0 Å². The lowest BCUT2D eigenvalue weighted by atomic mass is 9.93. The second-order valence-corrected chi connectivity index (χ2v) is 4.92. The Balaban J connectivity index is 0.00000180. The number of fused-ring (bicyclic) bond motifs is 1. The molecule has 1 atom stereocenters. The summed E-state index contributed by atoms with van der Waals surface area (Å²) in [7, 11) is 1.92. The van der Waals surface area contributed by atoms with Gasteiger partial charge in [0.2, 0.25) is 5.91 Å². The summed E-state index contributed by atoms with van der Waals surface area (Å²) < 4.78 is 0. The largest absolute Gasteiger partial charge is 0.336 e. The van der Waals surface area contributed by atoms with Crippen molar-refractivity contribution in [2.45, 2.75) is 32.2 Å². The van der Waals surface area contributed by atoms with Gasteiger partial charge in [0.25, 0.3) is 0 Å². The fourth-order valence-corrected chi connectivity index (χ4v) is 2.67. The molecule has 19 heavy (non-hydrogen) atoms. The maximum atomic E-state index is 12.2. The van der Waals surface area contributed by atoms with E-state index in [2.05, 4.69) is 36.5 Å². The minimum atomic E-state index is 0. The summed E-state index contributed by atoms with van der Waals surface area (Å²) >= 11 is 0. The Morgan fingerprint density at radius 1 is 1.42 bits per heavy atom. The van der Waals surface area contributed by atoms with Crippen molar-refractivity contribution in [3.05, 3.63) is 35.4 Å². The molecule has 0 spiro atoms. The lowest BCUT2D eigenvalue weighted by Crippen LogP contribution is -2.38. The third-order valence-corrected chi connectivity index (χ3v) is 3.73. The van der Waals surface area contributed by atoms with Crippen molar-refractivity contribution in [1.82, 2.24) is 10.2 Å². The predicted molar refractivity (Wildman–Crippen MR) is 80.7 cm³/mol. The fraction of sp³-hybridized carbons (Fsp3) is 0.533. The van der Waals surface area contributed by atoms with E-state index < -0.39 is 0 Å².